The van der Waals surface area contributed by atoms with Gasteiger partial charge in [0.15, 0.2) is 0 Å². The lowest BCUT2D eigenvalue weighted by atomic mass is 9.59. The predicted octanol–water partition coefficient (Wildman–Crippen LogP) is 10.2. The second kappa shape index (κ2) is 17.4. The number of nitrogens with zero attached hydrogens (tertiary/aromatic N) is 4. The first-order valence-corrected chi connectivity index (χ1v) is 26.3. The van der Waals surface area contributed by atoms with Gasteiger partial charge in [-0.2, -0.15) is 0 Å². The number of nitro groups is 1. The van der Waals surface area contributed by atoms with Gasteiger partial charge >= 0.3 is 0 Å². The van der Waals surface area contributed by atoms with Crippen molar-refractivity contribution in [2.24, 2.45) is 16.7 Å². The van der Waals surface area contributed by atoms with Crippen LogP contribution in [0.1, 0.15) is 112 Å². The van der Waals surface area contributed by atoms with Crippen LogP contribution in [0.3, 0.4) is 0 Å². The summed E-state index contributed by atoms with van der Waals surface area (Å²) in [6.45, 7) is 8.97. The Morgan fingerprint density at radius 3 is 2.49 bits per heavy atom. The van der Waals surface area contributed by atoms with E-state index in [1.807, 2.05) is 12.1 Å². The zero-order valence-corrected chi connectivity index (χ0v) is 39.7. The van der Waals surface area contributed by atoms with Crippen molar-refractivity contribution >= 4 is 50.1 Å². The summed E-state index contributed by atoms with van der Waals surface area (Å²) in [5, 5.41) is 13.3. The minimum Gasteiger partial charge on any atom is -0.491 e. The molecule has 1 spiro atoms. The van der Waals surface area contributed by atoms with E-state index >= 15 is 0 Å². The van der Waals surface area contributed by atoms with Crippen LogP contribution in [-0.4, -0.2) is 84.9 Å². The fourth-order valence-corrected chi connectivity index (χ4v) is 13.9. The predicted molar refractivity (Wildman–Crippen MR) is 257 cm³/mol. The number of pyridine rings is 1. The third-order valence-corrected chi connectivity index (χ3v) is 18.5. The lowest BCUT2D eigenvalue weighted by molar-refractivity contribution is -0.388. The largest absolute Gasteiger partial charge is 0.491 e. The number of piperidine rings is 1. The van der Waals surface area contributed by atoms with Gasteiger partial charge in [-0.15, -0.1) is 11.8 Å². The molecule has 352 valence electrons. The van der Waals surface area contributed by atoms with E-state index in [0.717, 1.165) is 101 Å². The number of thioether (sulfide) groups is 1. The van der Waals surface area contributed by atoms with Crippen LogP contribution in [0.4, 0.5) is 11.4 Å². The van der Waals surface area contributed by atoms with Crippen LogP contribution in [0.2, 0.25) is 0 Å². The SMILES string of the molecule is CC1(C)CCC(C2COc3cc(S(=O)(=O)NC(=O)c4ccc(N5CCC6(CC5)CC(N5CCOC[C@@H]5c5ccccc5C5CC5)C6)cc4Oc4cnc5[nH]ccc5c4)cc([N+](=O)[O-])c3S2)CC1. The molecule has 5 aromatic rings. The molecule has 2 N–H and O–H groups in total. The van der Waals surface area contributed by atoms with Gasteiger partial charge in [0.2, 0.25) is 0 Å². The second-order valence-corrected chi connectivity index (χ2v) is 23.5. The third kappa shape index (κ3) is 8.90. The Bertz CT molecular complexity index is 2820. The summed E-state index contributed by atoms with van der Waals surface area (Å²) in [6, 6.07) is 21.0. The maximum atomic E-state index is 14.2. The standard InChI is InChI=1S/C51H58N6O8S2/c1-50(2)14-11-33(12-15-50)46-31-64-45-26-38(25-42(57(59)60)47(45)66-46)67(61,62)54-49(58)41-10-9-35(24-44(41)65-37-23-34-13-18-52-48(34)53-29-37)55-19-16-51(17-20-55)27-36(28-51)56-21-22-63-30-43(56)40-6-4-3-5-39(40)32-7-8-32/h3-6,9-10,13,18,23-26,29,32-33,36,43,46H,7-8,11-12,14-17,19-22,27-28,30-31H2,1-2H3,(H,52,53)(H,54,58)/t43-,46?/m1/s1. The van der Waals surface area contributed by atoms with E-state index in [9.17, 15) is 23.3 Å². The summed E-state index contributed by atoms with van der Waals surface area (Å²) < 4.78 is 48.8. The van der Waals surface area contributed by atoms with Gasteiger partial charge in [-0.05, 0) is 122 Å². The molecule has 3 aliphatic heterocycles. The number of H-pyrrole nitrogens is 1. The first kappa shape index (κ1) is 44.4. The number of nitro benzene ring substituents is 1. The van der Waals surface area contributed by atoms with E-state index in [-0.39, 0.29) is 38.8 Å². The van der Waals surface area contributed by atoms with Crippen molar-refractivity contribution in [1.29, 1.82) is 0 Å². The lowest BCUT2D eigenvalue weighted by Gasteiger charge is -2.57. The summed E-state index contributed by atoms with van der Waals surface area (Å²) in [4.78, 5) is 38.5. The van der Waals surface area contributed by atoms with Gasteiger partial charge in [0.05, 0.1) is 40.8 Å². The number of aromatic nitrogens is 2. The van der Waals surface area contributed by atoms with Crippen molar-refractivity contribution in [3.8, 4) is 17.2 Å². The number of hydrogen-bond acceptors (Lipinski definition) is 12. The topological polar surface area (TPSA) is 169 Å². The monoisotopic (exact) mass is 946 g/mol. The third-order valence-electron chi connectivity index (χ3n) is 15.7. The molecule has 5 fully saturated rings. The average Bonchev–Trinajstić information content (AvgIpc) is 4.06. The van der Waals surface area contributed by atoms with Gasteiger partial charge in [0.25, 0.3) is 21.6 Å². The Kier molecular flexibility index (Phi) is 11.5. The highest BCUT2D eigenvalue weighted by Crippen LogP contribution is 2.54. The molecule has 3 saturated carbocycles. The average molecular weight is 947 g/mol. The number of benzene rings is 3. The molecular weight excluding hydrogens is 889 g/mol. The number of hydrogen-bond donors (Lipinski definition) is 2. The summed E-state index contributed by atoms with van der Waals surface area (Å²) in [5.41, 5.74) is 4.64. The molecule has 2 saturated heterocycles. The van der Waals surface area contributed by atoms with E-state index in [2.05, 4.69) is 62.6 Å². The van der Waals surface area contributed by atoms with E-state index < -0.39 is 25.7 Å². The number of carbonyl (C=O) groups excluding carboxylic acids is 1. The van der Waals surface area contributed by atoms with Crippen LogP contribution in [0.15, 0.2) is 88.9 Å². The number of ether oxygens (including phenoxy) is 3. The molecule has 0 radical (unpaired) electrons. The van der Waals surface area contributed by atoms with Crippen molar-refractivity contribution in [2.45, 2.75) is 111 Å². The minimum atomic E-state index is -4.62. The highest BCUT2D eigenvalue weighted by atomic mass is 32.2. The molecule has 2 atom stereocenters. The number of amides is 1. The second-order valence-electron chi connectivity index (χ2n) is 20.6. The first-order valence-electron chi connectivity index (χ1n) is 23.9. The fraction of sp³-hybridized carbons (Fsp3) is 0.490. The zero-order valence-electron chi connectivity index (χ0n) is 38.1. The van der Waals surface area contributed by atoms with E-state index in [1.54, 1.807) is 30.6 Å². The molecule has 2 aromatic heterocycles. The van der Waals surface area contributed by atoms with Crippen LogP contribution in [0, 0.1) is 26.9 Å². The maximum absolute atomic E-state index is 14.2. The quantitative estimate of drug-likeness (QED) is 0.0951. The van der Waals surface area contributed by atoms with Gasteiger partial charge in [-0.25, -0.2) is 18.1 Å². The highest BCUT2D eigenvalue weighted by Gasteiger charge is 2.50. The molecule has 0 bridgehead atoms. The molecule has 3 aromatic carbocycles. The number of sulfonamides is 1. The van der Waals surface area contributed by atoms with Crippen molar-refractivity contribution in [1.82, 2.24) is 19.6 Å². The van der Waals surface area contributed by atoms with Crippen LogP contribution >= 0.6 is 11.8 Å². The van der Waals surface area contributed by atoms with Crippen molar-refractivity contribution in [3.63, 3.8) is 0 Å². The minimum absolute atomic E-state index is 0.0158. The Hall–Kier alpha value is -5.16. The van der Waals surface area contributed by atoms with Gasteiger partial charge in [-0.1, -0.05) is 38.1 Å². The number of aromatic amines is 1. The van der Waals surface area contributed by atoms with Crippen molar-refractivity contribution in [3.05, 3.63) is 106 Å². The number of nitrogens with one attached hydrogen (secondary N) is 2. The summed E-state index contributed by atoms with van der Waals surface area (Å²) in [7, 11) is -4.62. The molecule has 1 amide bonds. The molecule has 3 aliphatic carbocycles. The van der Waals surface area contributed by atoms with Crippen LogP contribution < -0.4 is 19.1 Å². The lowest BCUT2D eigenvalue weighted by Crippen LogP contribution is -2.58. The Labute approximate surface area is 395 Å². The Balaban J connectivity index is 0.802. The Morgan fingerprint density at radius 1 is 0.955 bits per heavy atom. The molecular formula is C51H58N6O8S2. The number of carbonyl (C=O) groups is 1. The van der Waals surface area contributed by atoms with Gasteiger partial charge in [0.1, 0.15) is 34.4 Å². The number of anilines is 1. The van der Waals surface area contributed by atoms with Gasteiger partial charge in [0, 0.05) is 66.4 Å². The van der Waals surface area contributed by atoms with Crippen molar-refractivity contribution < 1.29 is 32.3 Å². The normalized spacial score (nSPS) is 23.3. The van der Waals surface area contributed by atoms with Gasteiger partial charge in [-0.3, -0.25) is 19.8 Å². The van der Waals surface area contributed by atoms with E-state index in [1.165, 1.54) is 41.8 Å². The smallest absolute Gasteiger partial charge is 0.288 e. The molecule has 5 heterocycles. The molecule has 14 nitrogen and oxygen atoms in total. The highest BCUT2D eigenvalue weighted by molar-refractivity contribution is 8.00. The summed E-state index contributed by atoms with van der Waals surface area (Å²) in [5.74, 6) is 0.744. The maximum Gasteiger partial charge on any atom is 0.288 e. The van der Waals surface area contributed by atoms with Crippen LogP contribution in [-0.2, 0) is 14.8 Å². The summed E-state index contributed by atoms with van der Waals surface area (Å²) in [6.07, 6.45) is 14.4. The first-order chi connectivity index (χ1) is 32.3. The molecule has 16 heteroatoms. The molecule has 11 rings (SSSR count). The molecule has 6 aliphatic rings. The summed E-state index contributed by atoms with van der Waals surface area (Å²) >= 11 is 1.40. The van der Waals surface area contributed by atoms with Crippen LogP contribution in [0.5, 0.6) is 17.2 Å². The molecule has 67 heavy (non-hydrogen) atoms. The van der Waals surface area contributed by atoms with Crippen LogP contribution in [0.25, 0.3) is 11.0 Å². The fourth-order valence-electron chi connectivity index (χ4n) is 11.5. The van der Waals surface area contributed by atoms with E-state index in [4.69, 9.17) is 14.2 Å². The van der Waals surface area contributed by atoms with E-state index in [0.29, 0.717) is 46.8 Å². The Morgan fingerprint density at radius 2 is 1.73 bits per heavy atom. The number of rotatable bonds is 11. The van der Waals surface area contributed by atoms with Crippen molar-refractivity contribution in [2.75, 3.05) is 44.4 Å². The zero-order chi connectivity index (χ0) is 46.1. The number of fused-ring (bicyclic) bond motifs is 2. The molecule has 1 unspecified atom stereocenters. The van der Waals surface area contributed by atoms with Gasteiger partial charge < -0.3 is 24.1 Å². The number of morpholine rings is 1.